The highest BCUT2D eigenvalue weighted by molar-refractivity contribution is 6.19. The van der Waals surface area contributed by atoms with Crippen molar-refractivity contribution < 1.29 is 27.5 Å². The number of halogens is 3. The molecule has 5 nitrogen and oxygen atoms in total. The van der Waals surface area contributed by atoms with Gasteiger partial charge in [0.05, 0.1) is 17.9 Å². The molecule has 8 heteroatoms. The number of anilines is 1. The average molecular weight is 300 g/mol. The van der Waals surface area contributed by atoms with Gasteiger partial charge < -0.3 is 4.74 Å². The van der Waals surface area contributed by atoms with Crippen LogP contribution >= 0.6 is 0 Å². The van der Waals surface area contributed by atoms with Gasteiger partial charge in [-0.05, 0) is 25.1 Å². The van der Waals surface area contributed by atoms with Crippen LogP contribution in [-0.2, 0) is 20.5 Å². The Labute approximate surface area is 118 Å². The SMILES string of the molecule is CCOC(=O)C1C=NN(c2cccc(C(F)(F)F)c2)C1=O. The molecule has 0 radical (unpaired) electrons. The predicted octanol–water partition coefficient (Wildman–Crippen LogP) is 2.22. The second kappa shape index (κ2) is 5.55. The molecule has 0 bridgehead atoms. The number of amides is 1. The molecule has 2 rings (SSSR count). The quantitative estimate of drug-likeness (QED) is 0.635. The summed E-state index contributed by atoms with van der Waals surface area (Å²) in [6, 6.07) is 4.15. The third kappa shape index (κ3) is 3.04. The number of hydrogen-bond donors (Lipinski definition) is 0. The maximum absolute atomic E-state index is 12.6. The molecule has 1 atom stereocenters. The lowest BCUT2D eigenvalue weighted by atomic mass is 10.1. The lowest BCUT2D eigenvalue weighted by Crippen LogP contribution is -2.32. The lowest BCUT2D eigenvalue weighted by molar-refractivity contribution is -0.148. The monoisotopic (exact) mass is 300 g/mol. The van der Waals surface area contributed by atoms with Gasteiger partial charge in [0.1, 0.15) is 0 Å². The minimum atomic E-state index is -4.52. The van der Waals surface area contributed by atoms with Crippen LogP contribution in [0.25, 0.3) is 0 Å². The van der Waals surface area contributed by atoms with Crippen LogP contribution in [0.1, 0.15) is 12.5 Å². The molecule has 1 amide bonds. The summed E-state index contributed by atoms with van der Waals surface area (Å²) in [5, 5.41) is 4.45. The molecule has 1 heterocycles. The van der Waals surface area contributed by atoms with Gasteiger partial charge in [-0.15, -0.1) is 0 Å². The first kappa shape index (κ1) is 15.0. The summed E-state index contributed by atoms with van der Waals surface area (Å²) >= 11 is 0. The summed E-state index contributed by atoms with van der Waals surface area (Å²) in [5.41, 5.74) is -0.958. The molecule has 1 aliphatic heterocycles. The van der Waals surface area contributed by atoms with Crippen LogP contribution in [0, 0.1) is 5.92 Å². The fourth-order valence-corrected chi connectivity index (χ4v) is 1.79. The van der Waals surface area contributed by atoms with Crippen LogP contribution in [0.5, 0.6) is 0 Å². The lowest BCUT2D eigenvalue weighted by Gasteiger charge is -2.15. The number of hydrogen-bond acceptors (Lipinski definition) is 4. The van der Waals surface area contributed by atoms with Crippen molar-refractivity contribution in [3.05, 3.63) is 29.8 Å². The zero-order valence-electron chi connectivity index (χ0n) is 10.9. The first-order valence-corrected chi connectivity index (χ1v) is 6.06. The summed E-state index contributed by atoms with van der Waals surface area (Å²) in [4.78, 5) is 23.5. The van der Waals surface area contributed by atoms with E-state index in [1.165, 1.54) is 12.1 Å². The summed E-state index contributed by atoms with van der Waals surface area (Å²) in [6.07, 6.45) is -3.47. The van der Waals surface area contributed by atoms with E-state index in [4.69, 9.17) is 4.74 Å². The molecule has 21 heavy (non-hydrogen) atoms. The van der Waals surface area contributed by atoms with Gasteiger partial charge in [0.2, 0.25) is 0 Å². The van der Waals surface area contributed by atoms with Crippen molar-refractivity contribution in [2.24, 2.45) is 11.0 Å². The predicted molar refractivity (Wildman–Crippen MR) is 67.5 cm³/mol. The topological polar surface area (TPSA) is 59.0 Å². The van der Waals surface area contributed by atoms with E-state index in [0.717, 1.165) is 23.4 Å². The molecule has 1 aliphatic rings. The largest absolute Gasteiger partial charge is 0.465 e. The van der Waals surface area contributed by atoms with Crippen LogP contribution < -0.4 is 5.01 Å². The van der Waals surface area contributed by atoms with Crippen molar-refractivity contribution in [1.29, 1.82) is 0 Å². The highest BCUT2D eigenvalue weighted by Crippen LogP contribution is 2.32. The molecule has 0 aromatic heterocycles. The molecule has 0 saturated heterocycles. The third-order valence-corrected chi connectivity index (χ3v) is 2.76. The zero-order chi connectivity index (χ0) is 15.6. The van der Waals surface area contributed by atoms with Gasteiger partial charge >= 0.3 is 12.1 Å². The van der Waals surface area contributed by atoms with E-state index in [1.807, 2.05) is 0 Å². The smallest absolute Gasteiger partial charge is 0.416 e. The van der Waals surface area contributed by atoms with E-state index in [1.54, 1.807) is 6.92 Å². The number of carbonyl (C=O) groups is 2. The second-order valence-electron chi connectivity index (χ2n) is 4.19. The molecule has 112 valence electrons. The summed E-state index contributed by atoms with van der Waals surface area (Å²) < 4.78 is 42.6. The van der Waals surface area contributed by atoms with Gasteiger partial charge in [-0.25, -0.2) is 0 Å². The van der Waals surface area contributed by atoms with E-state index in [0.29, 0.717) is 0 Å². The Morgan fingerprint density at radius 3 is 2.76 bits per heavy atom. The summed E-state index contributed by atoms with van der Waals surface area (Å²) in [5.74, 6) is -2.74. The van der Waals surface area contributed by atoms with E-state index < -0.39 is 29.5 Å². The standard InChI is InChI=1S/C13H11F3N2O3/c1-2-21-12(20)10-7-17-18(11(10)19)9-5-3-4-8(6-9)13(14,15)16/h3-7,10H,2H2,1H3. The molecule has 0 N–H and O–H groups in total. The second-order valence-corrected chi connectivity index (χ2v) is 4.19. The van der Waals surface area contributed by atoms with Crippen LogP contribution in [0.3, 0.4) is 0 Å². The number of benzene rings is 1. The normalized spacial score (nSPS) is 18.2. The van der Waals surface area contributed by atoms with Gasteiger partial charge in [0.15, 0.2) is 5.92 Å². The Balaban J connectivity index is 2.23. The molecular formula is C13H11F3N2O3. The van der Waals surface area contributed by atoms with Crippen LogP contribution in [0.15, 0.2) is 29.4 Å². The maximum atomic E-state index is 12.6. The molecule has 0 saturated carbocycles. The summed E-state index contributed by atoms with van der Waals surface area (Å²) in [6.45, 7) is 1.68. The maximum Gasteiger partial charge on any atom is 0.416 e. The Bertz CT molecular complexity index is 599. The first-order valence-electron chi connectivity index (χ1n) is 6.06. The Morgan fingerprint density at radius 1 is 1.43 bits per heavy atom. The van der Waals surface area contributed by atoms with E-state index >= 15 is 0 Å². The van der Waals surface area contributed by atoms with Crippen molar-refractivity contribution >= 4 is 23.8 Å². The molecule has 0 fully saturated rings. The third-order valence-electron chi connectivity index (χ3n) is 2.76. The zero-order valence-corrected chi connectivity index (χ0v) is 10.9. The number of nitrogens with zero attached hydrogens (tertiary/aromatic N) is 2. The molecule has 1 unspecified atom stereocenters. The number of alkyl halides is 3. The van der Waals surface area contributed by atoms with Crippen LogP contribution in [0.4, 0.5) is 18.9 Å². The Hall–Kier alpha value is -2.38. The number of ether oxygens (including phenoxy) is 1. The number of hydrazone groups is 1. The Morgan fingerprint density at radius 2 is 2.14 bits per heavy atom. The van der Waals surface area contributed by atoms with Gasteiger partial charge in [-0.2, -0.15) is 23.3 Å². The summed E-state index contributed by atoms with van der Waals surface area (Å²) in [7, 11) is 0. The van der Waals surface area contributed by atoms with Crippen LogP contribution in [-0.4, -0.2) is 24.7 Å². The first-order chi connectivity index (χ1) is 9.84. The van der Waals surface area contributed by atoms with Gasteiger partial charge in [0, 0.05) is 6.21 Å². The number of rotatable bonds is 3. The van der Waals surface area contributed by atoms with E-state index in [9.17, 15) is 22.8 Å². The highest BCUT2D eigenvalue weighted by atomic mass is 19.4. The van der Waals surface area contributed by atoms with Gasteiger partial charge in [-0.1, -0.05) is 6.07 Å². The number of carbonyl (C=O) groups excluding carboxylic acids is 2. The fourth-order valence-electron chi connectivity index (χ4n) is 1.79. The van der Waals surface area contributed by atoms with Crippen molar-refractivity contribution in [2.75, 3.05) is 11.6 Å². The highest BCUT2D eigenvalue weighted by Gasteiger charge is 2.37. The molecule has 1 aromatic carbocycles. The van der Waals surface area contributed by atoms with Crippen molar-refractivity contribution in [3.8, 4) is 0 Å². The minimum absolute atomic E-state index is 0.0575. The van der Waals surface area contributed by atoms with E-state index in [-0.39, 0.29) is 12.3 Å². The molecule has 1 aromatic rings. The van der Waals surface area contributed by atoms with Crippen LogP contribution in [0.2, 0.25) is 0 Å². The fraction of sp³-hybridized carbons (Fsp3) is 0.308. The van der Waals surface area contributed by atoms with Gasteiger partial charge in [-0.3, -0.25) is 9.59 Å². The van der Waals surface area contributed by atoms with Crippen molar-refractivity contribution in [2.45, 2.75) is 13.1 Å². The Kier molecular flexibility index (Phi) is 3.97. The number of esters is 1. The van der Waals surface area contributed by atoms with Gasteiger partial charge in [0.25, 0.3) is 5.91 Å². The van der Waals surface area contributed by atoms with Crippen molar-refractivity contribution in [1.82, 2.24) is 0 Å². The molecule has 0 aliphatic carbocycles. The van der Waals surface area contributed by atoms with Crippen molar-refractivity contribution in [3.63, 3.8) is 0 Å². The minimum Gasteiger partial charge on any atom is -0.465 e. The average Bonchev–Trinajstić information content (AvgIpc) is 2.80. The van der Waals surface area contributed by atoms with E-state index in [2.05, 4.69) is 5.10 Å². The molecular weight excluding hydrogens is 289 g/mol. The molecule has 0 spiro atoms.